The van der Waals surface area contributed by atoms with Crippen LogP contribution in [0.5, 0.6) is 0 Å². The van der Waals surface area contributed by atoms with Crippen molar-refractivity contribution in [2.24, 2.45) is 29.1 Å². The Labute approximate surface area is 205 Å². The maximum atomic E-state index is 13.8. The van der Waals surface area contributed by atoms with Crippen LogP contribution in [0.25, 0.3) is 0 Å². The molecule has 1 aliphatic carbocycles. The second kappa shape index (κ2) is 8.59. The number of fused-ring (bicyclic) bond motifs is 1. The zero-order chi connectivity index (χ0) is 24.9. The van der Waals surface area contributed by atoms with Crippen LogP contribution in [-0.4, -0.2) is 23.6 Å². The number of hydrogen-bond acceptors (Lipinski definition) is 4. The summed E-state index contributed by atoms with van der Waals surface area (Å²) in [5.74, 6) is -2.77. The van der Waals surface area contributed by atoms with Crippen molar-refractivity contribution < 1.29 is 19.2 Å². The van der Waals surface area contributed by atoms with Crippen LogP contribution in [-0.2, 0) is 19.2 Å². The largest absolute Gasteiger partial charge is 0.274 e. The summed E-state index contributed by atoms with van der Waals surface area (Å²) in [7, 11) is 0. The van der Waals surface area contributed by atoms with E-state index in [9.17, 15) is 19.2 Å². The van der Waals surface area contributed by atoms with E-state index in [1.807, 2.05) is 45.0 Å². The average Bonchev–Trinajstić information content (AvgIpc) is 3.32. The van der Waals surface area contributed by atoms with Gasteiger partial charge in [-0.05, 0) is 36.6 Å². The standard InChI is InChI=1S/C29H30N2O4/c1-4-18-17-29(3,22-16-23(32)30(26(22)33)19-12-8-6-9-13-19)21(5-2)25-24(18)27(34)31(28(25)35)20-14-10-7-11-15-20/h6-15,17,21-22,24-25H,4-5,16H2,1-3H3/t21-,22?,24-,25+,29-/m1/s1. The van der Waals surface area contributed by atoms with Crippen LogP contribution in [0.15, 0.2) is 72.3 Å². The number of rotatable bonds is 5. The molecule has 180 valence electrons. The first-order chi connectivity index (χ1) is 16.8. The zero-order valence-corrected chi connectivity index (χ0v) is 20.3. The number of nitrogens with zero attached hydrogens (tertiary/aromatic N) is 2. The van der Waals surface area contributed by atoms with Gasteiger partial charge in [0.15, 0.2) is 0 Å². The zero-order valence-electron chi connectivity index (χ0n) is 20.3. The molecule has 3 aliphatic rings. The van der Waals surface area contributed by atoms with Gasteiger partial charge in [-0.1, -0.05) is 75.2 Å². The quantitative estimate of drug-likeness (QED) is 0.467. The molecule has 5 atom stereocenters. The minimum Gasteiger partial charge on any atom is -0.274 e. The minimum absolute atomic E-state index is 0.0934. The third-order valence-corrected chi connectivity index (χ3v) is 8.25. The van der Waals surface area contributed by atoms with Crippen molar-refractivity contribution in [2.45, 2.75) is 40.0 Å². The highest BCUT2D eigenvalue weighted by atomic mass is 16.2. The topological polar surface area (TPSA) is 74.8 Å². The van der Waals surface area contributed by atoms with Crippen LogP contribution in [0.3, 0.4) is 0 Å². The summed E-state index contributed by atoms with van der Waals surface area (Å²) in [5, 5.41) is 0. The number of amides is 4. The normalized spacial score (nSPS) is 30.7. The first-order valence-corrected chi connectivity index (χ1v) is 12.4. The fraction of sp³-hybridized carbons (Fsp3) is 0.379. The minimum atomic E-state index is -0.722. The van der Waals surface area contributed by atoms with Crippen molar-refractivity contribution in [1.82, 2.24) is 0 Å². The number of imide groups is 2. The Morgan fingerprint density at radius 3 is 1.91 bits per heavy atom. The van der Waals surface area contributed by atoms with Gasteiger partial charge in [-0.25, -0.2) is 4.90 Å². The molecular formula is C29H30N2O4. The van der Waals surface area contributed by atoms with E-state index in [4.69, 9.17) is 0 Å². The molecule has 2 fully saturated rings. The van der Waals surface area contributed by atoms with E-state index in [0.29, 0.717) is 24.2 Å². The lowest BCUT2D eigenvalue weighted by atomic mass is 9.55. The van der Waals surface area contributed by atoms with E-state index < -0.39 is 23.2 Å². The molecule has 0 N–H and O–H groups in total. The fourth-order valence-corrected chi connectivity index (χ4v) is 6.64. The van der Waals surface area contributed by atoms with Crippen LogP contribution >= 0.6 is 0 Å². The number of benzene rings is 2. The lowest BCUT2D eigenvalue weighted by molar-refractivity contribution is -0.130. The monoisotopic (exact) mass is 470 g/mol. The van der Waals surface area contributed by atoms with Crippen LogP contribution < -0.4 is 9.80 Å². The molecule has 0 spiro atoms. The molecule has 1 unspecified atom stereocenters. The molecule has 0 saturated carbocycles. The van der Waals surface area contributed by atoms with Crippen molar-refractivity contribution in [3.05, 3.63) is 72.3 Å². The van der Waals surface area contributed by atoms with Gasteiger partial charge in [0.2, 0.25) is 23.6 Å². The highest BCUT2D eigenvalue weighted by molar-refractivity contribution is 6.24. The van der Waals surface area contributed by atoms with E-state index in [2.05, 4.69) is 6.08 Å². The first kappa shape index (κ1) is 23.2. The van der Waals surface area contributed by atoms with Gasteiger partial charge >= 0.3 is 0 Å². The summed E-state index contributed by atoms with van der Waals surface area (Å²) in [5.41, 5.74) is 1.31. The summed E-state index contributed by atoms with van der Waals surface area (Å²) in [4.78, 5) is 56.8. The Morgan fingerprint density at radius 2 is 1.37 bits per heavy atom. The van der Waals surface area contributed by atoms with E-state index in [0.717, 1.165) is 5.57 Å². The number of carbonyl (C=O) groups is 4. The van der Waals surface area contributed by atoms with E-state index >= 15 is 0 Å². The summed E-state index contributed by atoms with van der Waals surface area (Å²) in [6.07, 6.45) is 3.38. The van der Waals surface area contributed by atoms with Crippen LogP contribution in [0.1, 0.15) is 40.0 Å². The number of hydrogen-bond donors (Lipinski definition) is 0. The Balaban J connectivity index is 1.57. The third-order valence-electron chi connectivity index (χ3n) is 8.25. The van der Waals surface area contributed by atoms with Gasteiger partial charge in [0, 0.05) is 11.8 Å². The molecule has 6 nitrogen and oxygen atoms in total. The maximum Gasteiger partial charge on any atom is 0.241 e. The highest BCUT2D eigenvalue weighted by Gasteiger charge is 2.62. The predicted octanol–water partition coefficient (Wildman–Crippen LogP) is 4.75. The third kappa shape index (κ3) is 3.38. The summed E-state index contributed by atoms with van der Waals surface area (Å²) < 4.78 is 0. The molecule has 4 amide bonds. The first-order valence-electron chi connectivity index (χ1n) is 12.4. The average molecular weight is 471 g/mol. The maximum absolute atomic E-state index is 13.8. The van der Waals surface area contributed by atoms with Crippen LogP contribution in [0, 0.1) is 29.1 Å². The van der Waals surface area contributed by atoms with Crippen molar-refractivity contribution in [3.63, 3.8) is 0 Å². The Bertz CT molecular complexity index is 1220. The smallest absolute Gasteiger partial charge is 0.241 e. The molecule has 0 aromatic heterocycles. The second-order valence-electron chi connectivity index (χ2n) is 9.96. The second-order valence-corrected chi connectivity index (χ2v) is 9.96. The molecule has 6 heteroatoms. The molecule has 2 aliphatic heterocycles. The van der Waals surface area contributed by atoms with Crippen LogP contribution in [0.4, 0.5) is 11.4 Å². The Hall–Kier alpha value is -3.54. The predicted molar refractivity (Wildman–Crippen MR) is 133 cm³/mol. The van der Waals surface area contributed by atoms with Crippen molar-refractivity contribution >= 4 is 35.0 Å². The van der Waals surface area contributed by atoms with Crippen molar-refractivity contribution in [3.8, 4) is 0 Å². The number of anilines is 2. The van der Waals surface area contributed by atoms with Gasteiger partial charge in [-0.15, -0.1) is 0 Å². The number of allylic oxidation sites excluding steroid dienone is 1. The number of para-hydroxylation sites is 2. The van der Waals surface area contributed by atoms with E-state index in [1.54, 1.807) is 36.4 Å². The fourth-order valence-electron chi connectivity index (χ4n) is 6.64. The lowest BCUT2D eigenvalue weighted by Gasteiger charge is -2.46. The molecule has 0 radical (unpaired) electrons. The molecule has 0 bridgehead atoms. The number of carbonyl (C=O) groups excluding carboxylic acids is 4. The summed E-state index contributed by atoms with van der Waals surface area (Å²) in [6, 6.07) is 18.0. The van der Waals surface area contributed by atoms with Gasteiger partial charge in [-0.3, -0.25) is 24.1 Å². The van der Waals surface area contributed by atoms with E-state index in [1.165, 1.54) is 9.80 Å². The van der Waals surface area contributed by atoms with Crippen molar-refractivity contribution in [1.29, 1.82) is 0 Å². The summed E-state index contributed by atoms with van der Waals surface area (Å²) >= 11 is 0. The molecule has 2 heterocycles. The molecular weight excluding hydrogens is 440 g/mol. The van der Waals surface area contributed by atoms with Gasteiger partial charge in [0.05, 0.1) is 29.1 Å². The van der Waals surface area contributed by atoms with Gasteiger partial charge < -0.3 is 0 Å². The Kier molecular flexibility index (Phi) is 5.70. The van der Waals surface area contributed by atoms with Gasteiger partial charge in [-0.2, -0.15) is 0 Å². The molecule has 2 saturated heterocycles. The molecule has 2 aromatic rings. The van der Waals surface area contributed by atoms with E-state index in [-0.39, 0.29) is 36.0 Å². The van der Waals surface area contributed by atoms with Crippen LogP contribution in [0.2, 0.25) is 0 Å². The lowest BCUT2D eigenvalue weighted by Crippen LogP contribution is -2.48. The molecule has 5 rings (SSSR count). The van der Waals surface area contributed by atoms with Gasteiger partial charge in [0.1, 0.15) is 0 Å². The van der Waals surface area contributed by atoms with Crippen molar-refractivity contribution in [2.75, 3.05) is 9.80 Å². The van der Waals surface area contributed by atoms with Gasteiger partial charge in [0.25, 0.3) is 0 Å². The highest BCUT2D eigenvalue weighted by Crippen LogP contribution is 2.57. The molecule has 35 heavy (non-hydrogen) atoms. The molecule has 2 aromatic carbocycles. The SMILES string of the molecule is CCC1=C[C@@](C)(C2CC(=O)N(c3ccccc3)C2=O)[C@H](CC)[C@@H]2C(=O)N(c3ccccc3)C(=O)[C@H]12. The summed E-state index contributed by atoms with van der Waals surface area (Å²) in [6.45, 7) is 5.99. The Morgan fingerprint density at radius 1 is 0.800 bits per heavy atom.